The Morgan fingerprint density at radius 3 is 2.64 bits per heavy atom. The van der Waals surface area contributed by atoms with Crippen molar-refractivity contribution in [3.8, 4) is 0 Å². The van der Waals surface area contributed by atoms with Crippen molar-refractivity contribution < 1.29 is 9.18 Å². The molecule has 0 radical (unpaired) electrons. The lowest BCUT2D eigenvalue weighted by Crippen LogP contribution is -2.32. The summed E-state index contributed by atoms with van der Waals surface area (Å²) in [6.07, 6.45) is 5.28. The largest absolute Gasteiger partial charge is 0.337 e. The van der Waals surface area contributed by atoms with E-state index < -0.39 is 0 Å². The van der Waals surface area contributed by atoms with Gasteiger partial charge in [-0.1, -0.05) is 13.3 Å². The Kier molecular flexibility index (Phi) is 6.80. The van der Waals surface area contributed by atoms with Crippen molar-refractivity contribution in [1.82, 2.24) is 0 Å². The van der Waals surface area contributed by atoms with Crippen molar-refractivity contribution in [2.24, 2.45) is 15.0 Å². The van der Waals surface area contributed by atoms with Crippen LogP contribution in [-0.4, -0.2) is 11.6 Å². The molecule has 120 valence electrons. The van der Waals surface area contributed by atoms with Crippen molar-refractivity contribution in [1.29, 1.82) is 0 Å². The molecule has 0 bridgehead atoms. The van der Waals surface area contributed by atoms with Gasteiger partial charge in [-0.2, -0.15) is 3.21 Å². The molecule has 0 aliphatic heterocycles. The van der Waals surface area contributed by atoms with E-state index in [2.05, 4.69) is 31.4 Å². The molecule has 0 saturated heterocycles. The molecular weight excluding hydrogens is 462 g/mol. The summed E-state index contributed by atoms with van der Waals surface area (Å²) in [6.45, 7) is 2.21. The molecule has 1 aliphatic carbocycles. The number of carbonyl (C=O) groups excluding carboxylic acids is 1. The quantitative estimate of drug-likeness (QED) is 0.349. The highest BCUT2D eigenvalue weighted by Crippen LogP contribution is 2.31. The van der Waals surface area contributed by atoms with Gasteiger partial charge in [0.1, 0.15) is 5.82 Å². The molecule has 6 heteroatoms. The Bertz CT molecular complexity index is 571. The van der Waals surface area contributed by atoms with Crippen LogP contribution in [0.2, 0.25) is 0 Å². The Labute approximate surface area is 152 Å². The molecule has 3 nitrogen and oxygen atoms in total. The van der Waals surface area contributed by atoms with Gasteiger partial charge in [0.15, 0.2) is 5.84 Å². The van der Waals surface area contributed by atoms with Gasteiger partial charge in [-0.25, -0.2) is 4.39 Å². The molecule has 2 rings (SSSR count). The fourth-order valence-corrected chi connectivity index (χ4v) is 3.60. The third kappa shape index (κ3) is 4.50. The van der Waals surface area contributed by atoms with Gasteiger partial charge in [-0.15, -0.1) is 0 Å². The molecule has 1 aromatic carbocycles. The molecule has 0 aromatic heterocycles. The second-order valence-electron chi connectivity index (χ2n) is 5.68. The molecule has 0 spiro atoms. The maximum Gasteiger partial charge on any atom is 0.201 e. The smallest absolute Gasteiger partial charge is 0.201 e. The number of anilines is 1. The van der Waals surface area contributed by atoms with Crippen LogP contribution in [0, 0.1) is 17.7 Å². The molecule has 0 atom stereocenters. The van der Waals surface area contributed by atoms with Gasteiger partial charge < -0.3 is 5.32 Å². The number of carbonyl (C=O) groups is 1. The summed E-state index contributed by atoms with van der Waals surface area (Å²) in [5.74, 6) is 0.879. The van der Waals surface area contributed by atoms with Crippen LogP contribution >= 0.6 is 38.8 Å². The lowest BCUT2D eigenvalue weighted by molar-refractivity contribution is -0.117. The zero-order valence-electron chi connectivity index (χ0n) is 12.4. The number of amidine groups is 1. The van der Waals surface area contributed by atoms with Gasteiger partial charge in [0.25, 0.3) is 0 Å². The van der Waals surface area contributed by atoms with Crippen LogP contribution in [0.5, 0.6) is 0 Å². The topological polar surface area (TPSA) is 41.5 Å². The van der Waals surface area contributed by atoms with Crippen LogP contribution < -0.4 is 5.32 Å². The minimum absolute atomic E-state index is 0.0488. The van der Waals surface area contributed by atoms with Crippen molar-refractivity contribution in [2.45, 2.75) is 39.0 Å². The average molecular weight is 481 g/mol. The second-order valence-corrected chi connectivity index (χ2v) is 7.01. The maximum atomic E-state index is 13.3. The lowest BCUT2D eigenvalue weighted by Gasteiger charge is -2.27. The first-order valence-corrected chi connectivity index (χ1v) is 9.26. The molecular formula is C16H19BrFIN2O. The molecule has 0 amide bonds. The van der Waals surface area contributed by atoms with Gasteiger partial charge in [-0.3, -0.25) is 4.79 Å². The number of hydrogen-bond acceptors (Lipinski definition) is 2. The standard InChI is InChI=1S/C16H19BrFIN2O/c1-2-10-3-5-11(6-4-10)15(22)16(21-19)20-12-7-8-14(18)13(17)9-12/h7-11H,2-6H2,1H3,(H,20,21)/t10-,11-. The van der Waals surface area contributed by atoms with Gasteiger partial charge >= 0.3 is 0 Å². The normalized spacial score (nSPS) is 22.5. The molecule has 0 unspecified atom stereocenters. The summed E-state index contributed by atoms with van der Waals surface area (Å²) < 4.78 is 17.7. The summed E-state index contributed by atoms with van der Waals surface area (Å²) in [5.41, 5.74) is 0.652. The first kappa shape index (κ1) is 17.8. The van der Waals surface area contributed by atoms with Gasteiger partial charge in [0, 0.05) is 11.6 Å². The Balaban J connectivity index is 2.02. The minimum atomic E-state index is -0.331. The van der Waals surface area contributed by atoms with Crippen LogP contribution in [0.3, 0.4) is 0 Å². The first-order valence-electron chi connectivity index (χ1n) is 7.50. The molecule has 1 aromatic rings. The molecule has 0 heterocycles. The SMILES string of the molecule is CC[C@H]1CC[C@H](C(=O)/C(=N/I)Nc2ccc(F)c(Br)c2)CC1. The van der Waals surface area contributed by atoms with Crippen LogP contribution in [0.25, 0.3) is 0 Å². The van der Waals surface area contributed by atoms with Crippen molar-refractivity contribution in [2.75, 3.05) is 5.32 Å². The zero-order valence-corrected chi connectivity index (χ0v) is 16.2. The summed E-state index contributed by atoms with van der Waals surface area (Å²) in [5, 5.41) is 3.02. The van der Waals surface area contributed by atoms with E-state index in [1.807, 2.05) is 22.9 Å². The van der Waals surface area contributed by atoms with Crippen molar-refractivity contribution in [3.63, 3.8) is 0 Å². The Hall–Kier alpha value is -0.500. The van der Waals surface area contributed by atoms with E-state index in [0.29, 0.717) is 16.0 Å². The van der Waals surface area contributed by atoms with E-state index in [1.54, 1.807) is 12.1 Å². The summed E-state index contributed by atoms with van der Waals surface area (Å²) in [6, 6.07) is 4.57. The van der Waals surface area contributed by atoms with Gasteiger partial charge in [0.05, 0.1) is 27.3 Å². The van der Waals surface area contributed by atoms with E-state index in [1.165, 1.54) is 12.5 Å². The Morgan fingerprint density at radius 2 is 2.09 bits per heavy atom. The van der Waals surface area contributed by atoms with E-state index in [4.69, 9.17) is 0 Å². The molecule has 1 saturated carbocycles. The number of benzene rings is 1. The van der Waals surface area contributed by atoms with Gasteiger partial charge in [-0.05, 0) is 65.7 Å². The predicted octanol–water partition coefficient (Wildman–Crippen LogP) is 5.53. The monoisotopic (exact) mass is 480 g/mol. The van der Waals surface area contributed by atoms with Crippen molar-refractivity contribution >= 4 is 56.1 Å². The highest BCUT2D eigenvalue weighted by Gasteiger charge is 2.28. The number of nitrogens with one attached hydrogen (secondary N) is 1. The van der Waals surface area contributed by atoms with Crippen LogP contribution in [0.4, 0.5) is 10.1 Å². The van der Waals surface area contributed by atoms with E-state index in [9.17, 15) is 9.18 Å². The predicted molar refractivity (Wildman–Crippen MR) is 99.9 cm³/mol. The zero-order chi connectivity index (χ0) is 16.1. The summed E-state index contributed by atoms with van der Waals surface area (Å²) in [4.78, 5) is 12.6. The van der Waals surface area contributed by atoms with Crippen molar-refractivity contribution in [3.05, 3.63) is 28.5 Å². The Morgan fingerprint density at radius 1 is 1.41 bits per heavy atom. The maximum absolute atomic E-state index is 13.3. The number of Topliss-reactive ketones (excluding diaryl/α,β-unsaturated/α-hetero) is 1. The average Bonchev–Trinajstić information content (AvgIpc) is 2.55. The lowest BCUT2D eigenvalue weighted by atomic mass is 9.79. The van der Waals surface area contributed by atoms with Gasteiger partial charge in [0.2, 0.25) is 5.78 Å². The van der Waals surface area contributed by atoms with E-state index in [-0.39, 0.29) is 17.5 Å². The fourth-order valence-electron chi connectivity index (χ4n) is 2.86. The van der Waals surface area contributed by atoms with Crippen LogP contribution in [-0.2, 0) is 4.79 Å². The van der Waals surface area contributed by atoms with Crippen LogP contribution in [0.1, 0.15) is 39.0 Å². The number of hydrogen-bond donors (Lipinski definition) is 1. The number of halogens is 3. The highest BCUT2D eigenvalue weighted by atomic mass is 127. The summed E-state index contributed by atoms with van der Waals surface area (Å²) in [7, 11) is 0. The second kappa shape index (κ2) is 8.38. The third-order valence-electron chi connectivity index (χ3n) is 4.30. The minimum Gasteiger partial charge on any atom is -0.337 e. The molecule has 22 heavy (non-hydrogen) atoms. The molecule has 1 aliphatic rings. The number of rotatable bonds is 4. The summed E-state index contributed by atoms with van der Waals surface area (Å²) >= 11 is 4.98. The first-order chi connectivity index (χ1) is 10.5. The van der Waals surface area contributed by atoms with Crippen LogP contribution in [0.15, 0.2) is 25.9 Å². The fraction of sp³-hybridized carbons (Fsp3) is 0.500. The third-order valence-corrected chi connectivity index (χ3v) is 5.39. The number of ketones is 1. The number of nitrogens with zero attached hydrogens (tertiary/aromatic N) is 1. The van der Waals surface area contributed by atoms with E-state index >= 15 is 0 Å². The molecule has 1 N–H and O–H groups in total. The highest BCUT2D eigenvalue weighted by molar-refractivity contribution is 14.1. The van der Waals surface area contributed by atoms with E-state index in [0.717, 1.165) is 31.6 Å². The molecule has 1 fully saturated rings.